The van der Waals surface area contributed by atoms with E-state index >= 15 is 0 Å². The molecule has 0 bridgehead atoms. The summed E-state index contributed by atoms with van der Waals surface area (Å²) in [5.41, 5.74) is 0.542. The van der Waals surface area contributed by atoms with Crippen LogP contribution in [0.2, 0.25) is 0 Å². The van der Waals surface area contributed by atoms with Gasteiger partial charge in [0, 0.05) is 18.1 Å². The Morgan fingerprint density at radius 1 is 1.35 bits per heavy atom. The van der Waals surface area contributed by atoms with E-state index in [9.17, 15) is 8.78 Å². The maximum absolute atomic E-state index is 13.7. The van der Waals surface area contributed by atoms with Crippen LogP contribution in [0.3, 0.4) is 0 Å². The molecule has 1 heterocycles. The van der Waals surface area contributed by atoms with E-state index in [4.69, 9.17) is 16.3 Å². The average molecular weight is 261 g/mol. The Labute approximate surface area is 105 Å². The highest BCUT2D eigenvalue weighted by molar-refractivity contribution is 6.21. The van der Waals surface area contributed by atoms with Crippen LogP contribution in [0.1, 0.15) is 29.3 Å². The summed E-state index contributed by atoms with van der Waals surface area (Å²) >= 11 is 6.23. The van der Waals surface area contributed by atoms with Crippen molar-refractivity contribution in [1.29, 1.82) is 0 Å². The third kappa shape index (κ3) is 2.78. The first kappa shape index (κ1) is 12.8. The van der Waals surface area contributed by atoms with Gasteiger partial charge in [-0.15, -0.1) is 11.6 Å². The number of hydrogen-bond acceptors (Lipinski definition) is 1. The fourth-order valence-corrected chi connectivity index (χ4v) is 2.49. The predicted molar refractivity (Wildman–Crippen MR) is 63.2 cm³/mol. The van der Waals surface area contributed by atoms with Crippen LogP contribution in [0.25, 0.3) is 0 Å². The largest absolute Gasteiger partial charge is 0.381 e. The molecule has 1 fully saturated rings. The van der Waals surface area contributed by atoms with Crippen molar-refractivity contribution >= 4 is 11.6 Å². The van der Waals surface area contributed by atoms with Gasteiger partial charge in [0.2, 0.25) is 0 Å². The molecule has 1 aliphatic rings. The Bertz CT molecular complexity index is 403. The lowest BCUT2D eigenvalue weighted by atomic mass is 9.93. The van der Waals surface area contributed by atoms with E-state index in [1.54, 1.807) is 0 Å². The van der Waals surface area contributed by atoms with Crippen molar-refractivity contribution in [2.24, 2.45) is 5.92 Å². The average Bonchev–Trinajstić information content (AvgIpc) is 2.34. The van der Waals surface area contributed by atoms with Crippen LogP contribution in [0.5, 0.6) is 0 Å². The molecule has 1 aromatic rings. The zero-order valence-electron chi connectivity index (χ0n) is 9.68. The molecule has 1 saturated heterocycles. The quantitative estimate of drug-likeness (QED) is 0.731. The lowest BCUT2D eigenvalue weighted by Crippen LogP contribution is -2.22. The van der Waals surface area contributed by atoms with E-state index in [1.165, 1.54) is 19.1 Å². The molecule has 0 spiro atoms. The van der Waals surface area contributed by atoms with E-state index in [0.717, 1.165) is 19.4 Å². The number of alkyl halides is 1. The van der Waals surface area contributed by atoms with Gasteiger partial charge in [-0.2, -0.15) is 0 Å². The summed E-state index contributed by atoms with van der Waals surface area (Å²) in [5, 5.41) is -0.523. The molecule has 0 aromatic heterocycles. The van der Waals surface area contributed by atoms with Gasteiger partial charge >= 0.3 is 0 Å². The Morgan fingerprint density at radius 3 is 2.76 bits per heavy atom. The van der Waals surface area contributed by atoms with Crippen molar-refractivity contribution in [3.05, 3.63) is 34.9 Å². The van der Waals surface area contributed by atoms with Crippen LogP contribution in [0.4, 0.5) is 8.78 Å². The zero-order valence-corrected chi connectivity index (χ0v) is 10.4. The second kappa shape index (κ2) is 5.32. The van der Waals surface area contributed by atoms with Crippen LogP contribution in [0, 0.1) is 24.5 Å². The number of hydrogen-bond donors (Lipinski definition) is 0. The van der Waals surface area contributed by atoms with Crippen molar-refractivity contribution in [3.8, 4) is 0 Å². The topological polar surface area (TPSA) is 9.23 Å². The van der Waals surface area contributed by atoms with E-state index in [1.807, 2.05) is 0 Å². The summed E-state index contributed by atoms with van der Waals surface area (Å²) in [4.78, 5) is 0. The predicted octanol–water partition coefficient (Wildman–Crippen LogP) is 3.98. The maximum Gasteiger partial charge on any atom is 0.128 e. The van der Waals surface area contributed by atoms with E-state index in [-0.39, 0.29) is 11.5 Å². The number of halogens is 3. The molecule has 1 aromatic carbocycles. The minimum Gasteiger partial charge on any atom is -0.381 e. The Morgan fingerprint density at radius 2 is 2.12 bits per heavy atom. The van der Waals surface area contributed by atoms with Crippen molar-refractivity contribution in [2.45, 2.75) is 25.1 Å². The van der Waals surface area contributed by atoms with Gasteiger partial charge in [0.25, 0.3) is 0 Å². The SMILES string of the molecule is Cc1cc(F)c(C(Cl)C2CCCOC2)cc1F. The molecule has 2 unspecified atom stereocenters. The van der Waals surface area contributed by atoms with Gasteiger partial charge in [-0.25, -0.2) is 8.78 Å². The summed E-state index contributed by atoms with van der Waals surface area (Å²) < 4.78 is 32.5. The summed E-state index contributed by atoms with van der Waals surface area (Å²) in [5.74, 6) is -0.791. The lowest BCUT2D eigenvalue weighted by molar-refractivity contribution is 0.0528. The van der Waals surface area contributed by atoms with Crippen LogP contribution >= 0.6 is 11.6 Å². The van der Waals surface area contributed by atoms with Gasteiger partial charge in [-0.05, 0) is 37.5 Å². The first-order chi connectivity index (χ1) is 8.09. The molecule has 1 aliphatic heterocycles. The molecule has 17 heavy (non-hydrogen) atoms. The van der Waals surface area contributed by atoms with E-state index in [0.29, 0.717) is 12.2 Å². The minimum atomic E-state index is -0.523. The van der Waals surface area contributed by atoms with Crippen molar-refractivity contribution < 1.29 is 13.5 Å². The monoisotopic (exact) mass is 260 g/mol. The molecular formula is C13H15ClF2O. The van der Waals surface area contributed by atoms with Gasteiger partial charge in [0.1, 0.15) is 11.6 Å². The van der Waals surface area contributed by atoms with Crippen LogP contribution in [0.15, 0.2) is 12.1 Å². The van der Waals surface area contributed by atoms with Crippen LogP contribution in [-0.4, -0.2) is 13.2 Å². The highest BCUT2D eigenvalue weighted by atomic mass is 35.5. The highest BCUT2D eigenvalue weighted by Crippen LogP contribution is 2.36. The molecule has 0 amide bonds. The zero-order chi connectivity index (χ0) is 12.4. The molecule has 0 radical (unpaired) electrons. The number of ether oxygens (including phenoxy) is 1. The summed E-state index contributed by atoms with van der Waals surface area (Å²) in [6.45, 7) is 2.78. The Balaban J connectivity index is 2.23. The molecule has 4 heteroatoms. The molecule has 2 rings (SSSR count). The smallest absolute Gasteiger partial charge is 0.128 e. The molecule has 2 atom stereocenters. The van der Waals surface area contributed by atoms with Gasteiger partial charge in [-0.1, -0.05) is 0 Å². The summed E-state index contributed by atoms with van der Waals surface area (Å²) in [6.07, 6.45) is 1.81. The third-order valence-corrected chi connectivity index (χ3v) is 3.78. The van der Waals surface area contributed by atoms with Gasteiger partial charge in [0.15, 0.2) is 0 Å². The first-order valence-corrected chi connectivity index (χ1v) is 6.20. The van der Waals surface area contributed by atoms with Gasteiger partial charge < -0.3 is 4.74 Å². The first-order valence-electron chi connectivity index (χ1n) is 5.77. The molecule has 0 N–H and O–H groups in total. The fourth-order valence-electron chi connectivity index (χ4n) is 2.12. The molecule has 94 valence electrons. The normalized spacial score (nSPS) is 22.5. The van der Waals surface area contributed by atoms with E-state index < -0.39 is 17.0 Å². The molecule has 1 nitrogen and oxygen atoms in total. The summed E-state index contributed by atoms with van der Waals surface area (Å²) in [7, 11) is 0. The number of rotatable bonds is 2. The number of aryl methyl sites for hydroxylation is 1. The molecule has 0 saturated carbocycles. The fraction of sp³-hybridized carbons (Fsp3) is 0.538. The van der Waals surface area contributed by atoms with Crippen molar-refractivity contribution in [2.75, 3.05) is 13.2 Å². The second-order valence-electron chi connectivity index (χ2n) is 4.50. The number of benzene rings is 1. The summed E-state index contributed by atoms with van der Waals surface area (Å²) in [6, 6.07) is 2.40. The van der Waals surface area contributed by atoms with Gasteiger partial charge in [-0.3, -0.25) is 0 Å². The van der Waals surface area contributed by atoms with E-state index in [2.05, 4.69) is 0 Å². The second-order valence-corrected chi connectivity index (χ2v) is 4.97. The minimum absolute atomic E-state index is 0.0574. The molecular weight excluding hydrogens is 246 g/mol. The highest BCUT2D eigenvalue weighted by Gasteiger charge is 2.26. The van der Waals surface area contributed by atoms with Gasteiger partial charge in [0.05, 0.1) is 12.0 Å². The third-order valence-electron chi connectivity index (χ3n) is 3.18. The molecule has 0 aliphatic carbocycles. The Kier molecular flexibility index (Phi) is 4.00. The van der Waals surface area contributed by atoms with Crippen molar-refractivity contribution in [3.63, 3.8) is 0 Å². The maximum atomic E-state index is 13.7. The van der Waals surface area contributed by atoms with Crippen molar-refractivity contribution in [1.82, 2.24) is 0 Å². The Hall–Kier alpha value is -0.670. The van der Waals surface area contributed by atoms with Crippen LogP contribution in [-0.2, 0) is 4.74 Å². The lowest BCUT2D eigenvalue weighted by Gasteiger charge is -2.26. The van der Waals surface area contributed by atoms with Crippen LogP contribution < -0.4 is 0 Å². The standard InChI is InChI=1S/C13H15ClF2O/c1-8-5-12(16)10(6-11(8)15)13(14)9-3-2-4-17-7-9/h5-6,9,13H,2-4,7H2,1H3.